The molecule has 0 saturated heterocycles. The maximum atomic E-state index is 11.5. The molecule has 2 aromatic heterocycles. The van der Waals surface area contributed by atoms with Crippen LogP contribution in [0.5, 0.6) is 0 Å². The highest BCUT2D eigenvalue weighted by atomic mass is 32.1. The van der Waals surface area contributed by atoms with Gasteiger partial charge in [0.2, 0.25) is 0 Å². The van der Waals surface area contributed by atoms with Crippen LogP contribution >= 0.6 is 11.3 Å². The Labute approximate surface area is 155 Å². The van der Waals surface area contributed by atoms with Gasteiger partial charge in [-0.1, -0.05) is 37.3 Å². The summed E-state index contributed by atoms with van der Waals surface area (Å²) in [7, 11) is 0. The lowest BCUT2D eigenvalue weighted by Gasteiger charge is -2.18. The number of thiophene rings is 1. The number of rotatable bonds is 7. The van der Waals surface area contributed by atoms with Gasteiger partial charge in [0.25, 0.3) is 0 Å². The van der Waals surface area contributed by atoms with Gasteiger partial charge in [-0.2, -0.15) is 0 Å². The number of aliphatic hydroxyl groups excluding tert-OH is 1. The molecule has 2 heterocycles. The molecule has 3 rings (SSSR count). The van der Waals surface area contributed by atoms with Crippen molar-refractivity contribution in [2.45, 2.75) is 38.8 Å². The monoisotopic (exact) mass is 371 g/mol. The highest BCUT2D eigenvalue weighted by Gasteiger charge is 2.25. The Kier molecular flexibility index (Phi) is 5.49. The van der Waals surface area contributed by atoms with Crippen molar-refractivity contribution >= 4 is 33.3 Å². The Hall–Kier alpha value is -2.51. The van der Waals surface area contributed by atoms with E-state index in [9.17, 15) is 15.0 Å². The molecule has 0 aliphatic heterocycles. The lowest BCUT2D eigenvalue weighted by Crippen LogP contribution is -2.39. The molecule has 0 spiro atoms. The van der Waals surface area contributed by atoms with Gasteiger partial charge in [-0.05, 0) is 25.0 Å². The number of nitrogens with one attached hydrogen (secondary N) is 1. The molecule has 3 N–H and O–H groups in total. The second-order valence-corrected chi connectivity index (χ2v) is 7.25. The Balaban J connectivity index is 2.03. The number of aromatic nitrogens is 2. The molecule has 2 atom stereocenters. The number of benzene rings is 1. The number of carbonyl (C=O) groups is 1. The maximum Gasteiger partial charge on any atom is 0.328 e. The van der Waals surface area contributed by atoms with Gasteiger partial charge in [0.15, 0.2) is 6.04 Å². The average Bonchev–Trinajstić information content (AvgIpc) is 3.03. The Morgan fingerprint density at radius 3 is 2.62 bits per heavy atom. The van der Waals surface area contributed by atoms with E-state index in [4.69, 9.17) is 0 Å². The molecule has 7 heteroatoms. The predicted molar refractivity (Wildman–Crippen MR) is 103 cm³/mol. The number of anilines is 1. The van der Waals surface area contributed by atoms with Crippen molar-refractivity contribution in [2.75, 3.05) is 5.32 Å². The van der Waals surface area contributed by atoms with Gasteiger partial charge in [0.05, 0.1) is 11.5 Å². The van der Waals surface area contributed by atoms with E-state index >= 15 is 0 Å². The molecule has 0 saturated carbocycles. The van der Waals surface area contributed by atoms with Gasteiger partial charge in [-0.25, -0.2) is 14.8 Å². The van der Waals surface area contributed by atoms with Gasteiger partial charge in [0.1, 0.15) is 16.5 Å². The molecule has 136 valence electrons. The lowest BCUT2D eigenvalue weighted by atomic mass is 10.1. The maximum absolute atomic E-state index is 11.5. The number of fused-ring (bicyclic) bond motifs is 1. The number of aliphatic hydroxyl groups is 1. The third-order valence-electron chi connectivity index (χ3n) is 4.08. The molecule has 0 aliphatic carbocycles. The smallest absolute Gasteiger partial charge is 0.328 e. The number of carboxylic acids is 1. The number of carboxylic acid groups (broad SMARTS) is 1. The Morgan fingerprint density at radius 1 is 1.27 bits per heavy atom. The molecule has 0 radical (unpaired) electrons. The molecule has 26 heavy (non-hydrogen) atoms. The van der Waals surface area contributed by atoms with Crippen LogP contribution in [0.2, 0.25) is 0 Å². The van der Waals surface area contributed by atoms with Crippen molar-refractivity contribution < 1.29 is 15.0 Å². The number of nitrogens with zero attached hydrogens (tertiary/aromatic N) is 2. The van der Waals surface area contributed by atoms with E-state index in [2.05, 4.69) is 22.2 Å². The van der Waals surface area contributed by atoms with Gasteiger partial charge in [-0.15, -0.1) is 11.3 Å². The van der Waals surface area contributed by atoms with Crippen LogP contribution < -0.4 is 5.32 Å². The van der Waals surface area contributed by atoms with E-state index in [1.54, 1.807) is 11.3 Å². The molecule has 0 amide bonds. The molecule has 0 bridgehead atoms. The fraction of sp³-hybridized carbons (Fsp3) is 0.316. The zero-order chi connectivity index (χ0) is 18.7. The van der Waals surface area contributed by atoms with Crippen LogP contribution in [0, 0.1) is 0 Å². The van der Waals surface area contributed by atoms with E-state index in [0.29, 0.717) is 18.1 Å². The summed E-state index contributed by atoms with van der Waals surface area (Å²) < 4.78 is 0. The summed E-state index contributed by atoms with van der Waals surface area (Å²) in [6.45, 7) is 3.51. The summed E-state index contributed by atoms with van der Waals surface area (Å²) in [4.78, 5) is 22.6. The first kappa shape index (κ1) is 18.3. The molecule has 6 nitrogen and oxygen atoms in total. The summed E-state index contributed by atoms with van der Waals surface area (Å²) in [5.74, 6) is -0.0575. The van der Waals surface area contributed by atoms with Gasteiger partial charge in [0, 0.05) is 11.3 Å². The molecule has 1 aromatic carbocycles. The molecule has 0 aliphatic rings. The molecular formula is C19H21N3O3S. The third-order valence-corrected chi connectivity index (χ3v) is 5.26. The largest absolute Gasteiger partial charge is 0.480 e. The first-order valence-corrected chi connectivity index (χ1v) is 9.30. The van der Waals surface area contributed by atoms with Crippen LogP contribution in [0.3, 0.4) is 0 Å². The fourth-order valence-electron chi connectivity index (χ4n) is 2.69. The summed E-state index contributed by atoms with van der Waals surface area (Å²) in [5.41, 5.74) is 1.08. The molecule has 3 aromatic rings. The average molecular weight is 371 g/mol. The van der Waals surface area contributed by atoms with Crippen molar-refractivity contribution in [3.63, 3.8) is 0 Å². The molecule has 2 unspecified atom stereocenters. The summed E-state index contributed by atoms with van der Waals surface area (Å²) in [5, 5.41) is 22.8. The third kappa shape index (κ3) is 4.00. The van der Waals surface area contributed by atoms with Crippen molar-refractivity contribution in [2.24, 2.45) is 0 Å². The van der Waals surface area contributed by atoms with Crippen molar-refractivity contribution in [3.05, 3.63) is 52.7 Å². The van der Waals surface area contributed by atoms with Crippen LogP contribution in [-0.4, -0.2) is 38.3 Å². The normalized spacial score (nSPS) is 13.5. The number of aryl methyl sites for hydroxylation is 1. The van der Waals surface area contributed by atoms with E-state index < -0.39 is 18.1 Å². The molecular weight excluding hydrogens is 350 g/mol. The minimum Gasteiger partial charge on any atom is -0.480 e. The van der Waals surface area contributed by atoms with Crippen LogP contribution in [0.25, 0.3) is 10.2 Å². The number of hydrogen-bond acceptors (Lipinski definition) is 6. The van der Waals surface area contributed by atoms with E-state index in [-0.39, 0.29) is 0 Å². The zero-order valence-electron chi connectivity index (χ0n) is 14.6. The van der Waals surface area contributed by atoms with E-state index in [1.807, 2.05) is 36.4 Å². The second kappa shape index (κ2) is 7.80. The summed E-state index contributed by atoms with van der Waals surface area (Å²) in [6.07, 6.45) is 0.365. The lowest BCUT2D eigenvalue weighted by molar-refractivity contribution is -0.140. The zero-order valence-corrected chi connectivity index (χ0v) is 15.5. The topological polar surface area (TPSA) is 95.3 Å². The Bertz CT molecular complexity index is 909. The Morgan fingerprint density at radius 2 is 2.00 bits per heavy atom. The van der Waals surface area contributed by atoms with E-state index in [1.165, 1.54) is 6.92 Å². The van der Waals surface area contributed by atoms with Crippen LogP contribution in [-0.2, 0) is 17.6 Å². The SMILES string of the molecule is CCc1cc2c(NC(C(=O)O)C(C)O)nc(Cc3ccccc3)nc2s1. The summed E-state index contributed by atoms with van der Waals surface area (Å²) >= 11 is 1.58. The highest BCUT2D eigenvalue weighted by molar-refractivity contribution is 7.18. The minimum absolute atomic E-state index is 0.449. The first-order chi connectivity index (χ1) is 12.5. The molecule has 0 fully saturated rings. The fourth-order valence-corrected chi connectivity index (χ4v) is 3.68. The van der Waals surface area contributed by atoms with Crippen molar-refractivity contribution in [3.8, 4) is 0 Å². The standard InChI is InChI=1S/C19H21N3O3S/c1-3-13-10-14-17(22-16(11(2)23)19(24)25)20-15(21-18(14)26-13)9-12-7-5-4-6-8-12/h4-8,10-11,16,23H,3,9H2,1-2H3,(H,24,25)(H,20,21,22). The number of hydrogen-bond donors (Lipinski definition) is 3. The van der Waals surface area contributed by atoms with Gasteiger partial charge >= 0.3 is 5.97 Å². The second-order valence-electron chi connectivity index (χ2n) is 6.14. The van der Waals surface area contributed by atoms with E-state index in [0.717, 1.165) is 27.1 Å². The van der Waals surface area contributed by atoms with Crippen LogP contribution in [0.4, 0.5) is 5.82 Å². The summed E-state index contributed by atoms with van der Waals surface area (Å²) in [6, 6.07) is 10.7. The van der Waals surface area contributed by atoms with Gasteiger partial charge < -0.3 is 15.5 Å². The minimum atomic E-state index is -1.14. The quantitative estimate of drug-likeness (QED) is 0.591. The van der Waals surface area contributed by atoms with Crippen LogP contribution in [0.15, 0.2) is 36.4 Å². The highest BCUT2D eigenvalue weighted by Crippen LogP contribution is 2.30. The van der Waals surface area contributed by atoms with Crippen molar-refractivity contribution in [1.82, 2.24) is 9.97 Å². The van der Waals surface area contributed by atoms with Gasteiger partial charge in [-0.3, -0.25) is 0 Å². The van der Waals surface area contributed by atoms with Crippen molar-refractivity contribution in [1.29, 1.82) is 0 Å². The first-order valence-electron chi connectivity index (χ1n) is 8.48. The number of aliphatic carboxylic acids is 1. The predicted octanol–water partition coefficient (Wildman–Crippen LogP) is 3.09. The van der Waals surface area contributed by atoms with Crippen LogP contribution in [0.1, 0.15) is 30.1 Å².